The summed E-state index contributed by atoms with van der Waals surface area (Å²) in [4.78, 5) is 15.6. The number of anilines is 1. The topological polar surface area (TPSA) is 41.6 Å². The summed E-state index contributed by atoms with van der Waals surface area (Å²) in [7, 11) is 0. The van der Waals surface area contributed by atoms with Gasteiger partial charge in [0.15, 0.2) is 0 Å². The van der Waals surface area contributed by atoms with E-state index in [0.717, 1.165) is 22.7 Å². The first-order valence-electron chi connectivity index (χ1n) is 8.17. The number of ether oxygens (including phenoxy) is 1. The maximum absolute atomic E-state index is 12.4. The molecule has 1 amide bonds. The van der Waals surface area contributed by atoms with Crippen LogP contribution in [0.15, 0.2) is 53.4 Å². The Balaban J connectivity index is 1.56. The first kappa shape index (κ1) is 18.3. The number of carbonyl (C=O) groups is 1. The summed E-state index contributed by atoms with van der Waals surface area (Å²) in [5.41, 5.74) is 1.92. The van der Waals surface area contributed by atoms with Gasteiger partial charge in [-0.05, 0) is 42.2 Å². The van der Waals surface area contributed by atoms with Gasteiger partial charge >= 0.3 is 0 Å². The van der Waals surface area contributed by atoms with Crippen molar-refractivity contribution in [2.45, 2.75) is 11.0 Å². The summed E-state index contributed by atoms with van der Waals surface area (Å²) in [6, 6.07) is 15.6. The van der Waals surface area contributed by atoms with E-state index in [4.69, 9.17) is 16.3 Å². The van der Waals surface area contributed by atoms with Gasteiger partial charge in [-0.3, -0.25) is 9.69 Å². The Morgan fingerprint density at radius 2 is 2.12 bits per heavy atom. The van der Waals surface area contributed by atoms with Gasteiger partial charge in [0.05, 0.1) is 19.3 Å². The monoisotopic (exact) mass is 376 g/mol. The third-order valence-corrected chi connectivity index (χ3v) is 5.09. The van der Waals surface area contributed by atoms with Crippen LogP contribution in [0.4, 0.5) is 5.69 Å². The quantitative estimate of drug-likeness (QED) is 0.798. The van der Waals surface area contributed by atoms with E-state index in [1.54, 1.807) is 11.8 Å². The lowest BCUT2D eigenvalue weighted by Crippen LogP contribution is -2.42. The molecule has 3 rings (SSSR count). The Morgan fingerprint density at radius 3 is 2.88 bits per heavy atom. The Kier molecular flexibility index (Phi) is 6.37. The molecular weight excluding hydrogens is 356 g/mol. The molecule has 0 saturated carbocycles. The summed E-state index contributed by atoms with van der Waals surface area (Å²) >= 11 is 7.60. The Bertz CT molecular complexity index is 724. The lowest BCUT2D eigenvalue weighted by Gasteiger charge is -2.32. The molecule has 1 fully saturated rings. The summed E-state index contributed by atoms with van der Waals surface area (Å²) in [5.74, 6) is -0.00462. The molecule has 1 aliphatic heterocycles. The maximum atomic E-state index is 12.4. The minimum Gasteiger partial charge on any atom is -0.371 e. The van der Waals surface area contributed by atoms with Crippen LogP contribution in [0, 0.1) is 0 Å². The first-order valence-corrected chi connectivity index (χ1v) is 9.77. The smallest absolute Gasteiger partial charge is 0.238 e. The summed E-state index contributed by atoms with van der Waals surface area (Å²) in [5, 5.41) is 3.69. The fourth-order valence-corrected chi connectivity index (χ4v) is 3.42. The Morgan fingerprint density at radius 1 is 1.32 bits per heavy atom. The molecule has 1 saturated heterocycles. The molecule has 25 heavy (non-hydrogen) atoms. The number of benzene rings is 2. The summed E-state index contributed by atoms with van der Waals surface area (Å²) in [6.07, 6.45) is 1.99. The predicted octanol–water partition coefficient (Wildman–Crippen LogP) is 4.07. The van der Waals surface area contributed by atoms with Crippen LogP contribution in [-0.4, -0.2) is 43.3 Å². The Labute approximate surface area is 157 Å². The molecule has 1 aliphatic rings. The molecule has 0 aliphatic carbocycles. The molecule has 0 aromatic heterocycles. The highest BCUT2D eigenvalue weighted by atomic mass is 35.5. The largest absolute Gasteiger partial charge is 0.371 e. The van der Waals surface area contributed by atoms with Crippen LogP contribution in [0.1, 0.15) is 11.7 Å². The summed E-state index contributed by atoms with van der Waals surface area (Å²) < 4.78 is 5.85. The van der Waals surface area contributed by atoms with Crippen molar-refractivity contribution in [2.75, 3.05) is 37.8 Å². The van der Waals surface area contributed by atoms with E-state index < -0.39 is 0 Å². The number of morpholine rings is 1. The SMILES string of the molecule is CSc1cccc(NC(=O)CN2CCOC(c3ccc(Cl)cc3)C2)c1. The third kappa shape index (κ3) is 5.22. The fourth-order valence-electron chi connectivity index (χ4n) is 2.83. The average molecular weight is 377 g/mol. The highest BCUT2D eigenvalue weighted by molar-refractivity contribution is 7.98. The molecule has 1 atom stereocenters. The van der Waals surface area contributed by atoms with Gasteiger partial charge in [-0.1, -0.05) is 29.8 Å². The minimum absolute atomic E-state index is 0.00462. The second-order valence-corrected chi connectivity index (χ2v) is 7.24. The molecule has 132 valence electrons. The Hall–Kier alpha value is -1.53. The van der Waals surface area contributed by atoms with E-state index in [-0.39, 0.29) is 12.0 Å². The maximum Gasteiger partial charge on any atom is 0.238 e. The van der Waals surface area contributed by atoms with Gasteiger partial charge < -0.3 is 10.1 Å². The minimum atomic E-state index is -0.0290. The van der Waals surface area contributed by atoms with Crippen molar-refractivity contribution in [2.24, 2.45) is 0 Å². The van der Waals surface area contributed by atoms with E-state index in [9.17, 15) is 4.79 Å². The molecule has 1 heterocycles. The molecule has 0 bridgehead atoms. The second-order valence-electron chi connectivity index (χ2n) is 5.93. The standard InChI is InChI=1S/C19H21ClN2O2S/c1-25-17-4-2-3-16(11-17)21-19(23)13-22-9-10-24-18(12-22)14-5-7-15(20)8-6-14/h2-8,11,18H,9-10,12-13H2,1H3,(H,21,23). The first-order chi connectivity index (χ1) is 12.1. The molecule has 0 spiro atoms. The van der Waals surface area contributed by atoms with Crippen LogP contribution in [0.5, 0.6) is 0 Å². The van der Waals surface area contributed by atoms with E-state index in [2.05, 4.69) is 10.2 Å². The van der Waals surface area contributed by atoms with Gasteiger partial charge in [-0.2, -0.15) is 0 Å². The number of amides is 1. The van der Waals surface area contributed by atoms with Crippen molar-refractivity contribution < 1.29 is 9.53 Å². The van der Waals surface area contributed by atoms with Gasteiger partial charge in [0, 0.05) is 28.7 Å². The third-order valence-electron chi connectivity index (χ3n) is 4.11. The van der Waals surface area contributed by atoms with Gasteiger partial charge in [-0.15, -0.1) is 11.8 Å². The molecule has 2 aromatic rings. The highest BCUT2D eigenvalue weighted by Crippen LogP contribution is 2.24. The van der Waals surface area contributed by atoms with Crippen molar-refractivity contribution in [3.8, 4) is 0 Å². The van der Waals surface area contributed by atoms with E-state index >= 15 is 0 Å². The molecular formula is C19H21ClN2O2S. The highest BCUT2D eigenvalue weighted by Gasteiger charge is 2.23. The molecule has 2 aromatic carbocycles. The number of halogens is 1. The fraction of sp³-hybridized carbons (Fsp3) is 0.316. The van der Waals surface area contributed by atoms with Crippen molar-refractivity contribution in [3.63, 3.8) is 0 Å². The lowest BCUT2D eigenvalue weighted by molar-refractivity contribution is -0.119. The van der Waals surface area contributed by atoms with Crippen LogP contribution in [0.2, 0.25) is 5.02 Å². The number of thioether (sulfide) groups is 1. The van der Waals surface area contributed by atoms with Crippen LogP contribution in [0.25, 0.3) is 0 Å². The number of nitrogens with zero attached hydrogens (tertiary/aromatic N) is 1. The van der Waals surface area contributed by atoms with Gasteiger partial charge in [0.1, 0.15) is 0 Å². The zero-order valence-electron chi connectivity index (χ0n) is 14.1. The zero-order chi connectivity index (χ0) is 17.6. The number of hydrogen-bond donors (Lipinski definition) is 1. The molecule has 0 radical (unpaired) electrons. The molecule has 1 unspecified atom stereocenters. The number of carbonyl (C=O) groups excluding carboxylic acids is 1. The van der Waals surface area contributed by atoms with Gasteiger partial charge in [0.2, 0.25) is 5.91 Å². The number of hydrogen-bond acceptors (Lipinski definition) is 4. The van der Waals surface area contributed by atoms with Crippen LogP contribution >= 0.6 is 23.4 Å². The van der Waals surface area contributed by atoms with Gasteiger partial charge in [0.25, 0.3) is 0 Å². The molecule has 4 nitrogen and oxygen atoms in total. The molecule has 6 heteroatoms. The average Bonchev–Trinajstić information content (AvgIpc) is 2.62. The van der Waals surface area contributed by atoms with E-state index in [1.807, 2.05) is 54.8 Å². The van der Waals surface area contributed by atoms with Crippen molar-refractivity contribution in [1.82, 2.24) is 4.90 Å². The van der Waals surface area contributed by atoms with Crippen molar-refractivity contribution in [1.29, 1.82) is 0 Å². The normalized spacial score (nSPS) is 18.1. The predicted molar refractivity (Wildman–Crippen MR) is 103 cm³/mol. The lowest BCUT2D eigenvalue weighted by atomic mass is 10.1. The van der Waals surface area contributed by atoms with E-state index in [1.165, 1.54) is 0 Å². The van der Waals surface area contributed by atoms with Crippen LogP contribution < -0.4 is 5.32 Å². The van der Waals surface area contributed by atoms with Crippen molar-refractivity contribution in [3.05, 3.63) is 59.1 Å². The summed E-state index contributed by atoms with van der Waals surface area (Å²) in [6.45, 7) is 2.42. The zero-order valence-corrected chi connectivity index (χ0v) is 15.6. The van der Waals surface area contributed by atoms with Gasteiger partial charge in [-0.25, -0.2) is 0 Å². The van der Waals surface area contributed by atoms with Crippen LogP contribution in [0.3, 0.4) is 0 Å². The van der Waals surface area contributed by atoms with E-state index in [0.29, 0.717) is 24.7 Å². The second kappa shape index (κ2) is 8.72. The molecule has 1 N–H and O–H groups in total. The number of rotatable bonds is 5. The van der Waals surface area contributed by atoms with Crippen molar-refractivity contribution >= 4 is 35.0 Å². The number of nitrogens with one attached hydrogen (secondary N) is 1. The van der Waals surface area contributed by atoms with Crippen LogP contribution in [-0.2, 0) is 9.53 Å².